The zero-order valence-corrected chi connectivity index (χ0v) is 18.5. The second-order valence-corrected chi connectivity index (χ2v) is 8.52. The average molecular weight is 428 g/mol. The number of nitrogens with one attached hydrogen (secondary N) is 1. The van der Waals surface area contributed by atoms with Gasteiger partial charge in [0.2, 0.25) is 5.91 Å². The molecule has 1 aromatic carbocycles. The monoisotopic (exact) mass is 427 g/mol. The minimum atomic E-state index is -0.0126. The number of carbonyl (C=O) groups excluding carboxylic acids is 2. The van der Waals surface area contributed by atoms with Crippen molar-refractivity contribution in [2.75, 3.05) is 45.9 Å². The van der Waals surface area contributed by atoms with E-state index in [0.717, 1.165) is 49.0 Å². The van der Waals surface area contributed by atoms with E-state index in [-0.39, 0.29) is 18.4 Å². The van der Waals surface area contributed by atoms with Crippen molar-refractivity contribution in [1.29, 1.82) is 0 Å². The zero-order chi connectivity index (χ0) is 21.6. The van der Waals surface area contributed by atoms with Crippen LogP contribution in [0.5, 0.6) is 5.75 Å². The Morgan fingerprint density at radius 2 is 1.94 bits per heavy atom. The number of benzene rings is 1. The summed E-state index contributed by atoms with van der Waals surface area (Å²) in [5, 5.41) is 4.06. The maximum Gasteiger partial charge on any atom is 0.260 e. The number of nitrogens with zero attached hydrogens (tertiary/aromatic N) is 2. The largest absolute Gasteiger partial charge is 0.484 e. The summed E-state index contributed by atoms with van der Waals surface area (Å²) in [4.78, 5) is 28.5. The zero-order valence-electron chi connectivity index (χ0n) is 18.5. The van der Waals surface area contributed by atoms with Crippen LogP contribution >= 0.6 is 0 Å². The molecule has 168 valence electrons. The van der Waals surface area contributed by atoms with Crippen molar-refractivity contribution < 1.29 is 18.7 Å². The molecule has 1 aliphatic heterocycles. The summed E-state index contributed by atoms with van der Waals surface area (Å²) in [6, 6.07) is 5.82. The summed E-state index contributed by atoms with van der Waals surface area (Å²) in [5.74, 6) is 1.86. The molecule has 2 aliphatic rings. The third kappa shape index (κ3) is 5.39. The van der Waals surface area contributed by atoms with Gasteiger partial charge in [-0.2, -0.15) is 0 Å². The number of piperazine rings is 1. The Bertz CT molecular complexity index is 915. The molecule has 0 spiro atoms. The van der Waals surface area contributed by atoms with Crippen molar-refractivity contribution in [3.05, 3.63) is 29.5 Å². The maximum absolute atomic E-state index is 12.6. The third-order valence-corrected chi connectivity index (χ3v) is 6.23. The van der Waals surface area contributed by atoms with Crippen LogP contribution in [0.4, 0.5) is 0 Å². The van der Waals surface area contributed by atoms with Crippen LogP contribution in [-0.4, -0.2) is 67.5 Å². The number of hydrogen-bond donors (Lipinski definition) is 1. The van der Waals surface area contributed by atoms with Gasteiger partial charge >= 0.3 is 0 Å². The molecular formula is C24H33N3O4. The standard InChI is InChI=1S/C24H33N3O4/c1-2-3-10-25-23(28)16-26-11-13-27(14-12-26)24(29)17-30-18-8-9-22-20(15-18)19-6-4-5-7-21(19)31-22/h8-9,15H,2-7,10-14,16-17H2,1H3,(H,25,28). The fourth-order valence-corrected chi connectivity index (χ4v) is 4.39. The van der Waals surface area contributed by atoms with E-state index in [1.807, 2.05) is 23.1 Å². The molecular weight excluding hydrogens is 394 g/mol. The molecule has 1 fully saturated rings. The van der Waals surface area contributed by atoms with Crippen LogP contribution in [0.15, 0.2) is 22.6 Å². The van der Waals surface area contributed by atoms with Gasteiger partial charge in [-0.1, -0.05) is 13.3 Å². The van der Waals surface area contributed by atoms with E-state index in [2.05, 4.69) is 17.1 Å². The number of amides is 2. The van der Waals surface area contributed by atoms with Gasteiger partial charge in [0.1, 0.15) is 17.1 Å². The molecule has 1 aliphatic carbocycles. The van der Waals surface area contributed by atoms with E-state index in [9.17, 15) is 9.59 Å². The molecule has 1 aromatic heterocycles. The molecule has 0 saturated carbocycles. The van der Waals surface area contributed by atoms with Crippen molar-refractivity contribution in [1.82, 2.24) is 15.1 Å². The van der Waals surface area contributed by atoms with Gasteiger partial charge in [-0.25, -0.2) is 0 Å². The van der Waals surface area contributed by atoms with Crippen molar-refractivity contribution in [3.63, 3.8) is 0 Å². The van der Waals surface area contributed by atoms with Gasteiger partial charge in [-0.3, -0.25) is 14.5 Å². The molecule has 4 rings (SSSR count). The maximum atomic E-state index is 12.6. The van der Waals surface area contributed by atoms with Crippen molar-refractivity contribution in [2.45, 2.75) is 45.4 Å². The number of fused-ring (bicyclic) bond motifs is 3. The second kappa shape index (κ2) is 10.2. The summed E-state index contributed by atoms with van der Waals surface area (Å²) >= 11 is 0. The fourth-order valence-electron chi connectivity index (χ4n) is 4.39. The Kier molecular flexibility index (Phi) is 7.12. The van der Waals surface area contributed by atoms with Crippen LogP contribution in [0.3, 0.4) is 0 Å². The molecule has 2 amide bonds. The molecule has 0 unspecified atom stereocenters. The minimum Gasteiger partial charge on any atom is -0.484 e. The number of furan rings is 1. The number of hydrogen-bond acceptors (Lipinski definition) is 5. The Morgan fingerprint density at radius 1 is 1.13 bits per heavy atom. The van der Waals surface area contributed by atoms with Gasteiger partial charge in [0.05, 0.1) is 6.54 Å². The first-order valence-corrected chi connectivity index (χ1v) is 11.6. The SMILES string of the molecule is CCCCNC(=O)CN1CCN(C(=O)COc2ccc3oc4c(c3c2)CCCC4)CC1. The van der Waals surface area contributed by atoms with Crippen LogP contribution in [0.2, 0.25) is 0 Å². The van der Waals surface area contributed by atoms with Gasteiger partial charge in [0.15, 0.2) is 6.61 Å². The highest BCUT2D eigenvalue weighted by Gasteiger charge is 2.23. The van der Waals surface area contributed by atoms with E-state index in [1.54, 1.807) is 0 Å². The molecule has 0 atom stereocenters. The Morgan fingerprint density at radius 3 is 2.74 bits per heavy atom. The Balaban J connectivity index is 1.24. The van der Waals surface area contributed by atoms with Gasteiger partial charge in [0, 0.05) is 50.1 Å². The predicted octanol–water partition coefficient (Wildman–Crippen LogP) is 2.75. The first-order valence-electron chi connectivity index (χ1n) is 11.6. The molecule has 31 heavy (non-hydrogen) atoms. The molecule has 2 heterocycles. The minimum absolute atomic E-state index is 0.0126. The predicted molar refractivity (Wildman–Crippen MR) is 119 cm³/mol. The van der Waals surface area contributed by atoms with Crippen LogP contribution < -0.4 is 10.1 Å². The lowest BCUT2D eigenvalue weighted by Crippen LogP contribution is -2.52. The molecule has 0 radical (unpaired) electrons. The van der Waals surface area contributed by atoms with Crippen LogP contribution in [-0.2, 0) is 22.4 Å². The number of ether oxygens (including phenoxy) is 1. The van der Waals surface area contributed by atoms with Crippen molar-refractivity contribution >= 4 is 22.8 Å². The van der Waals surface area contributed by atoms with Crippen LogP contribution in [0.1, 0.15) is 43.9 Å². The van der Waals surface area contributed by atoms with E-state index >= 15 is 0 Å². The van der Waals surface area contributed by atoms with E-state index in [4.69, 9.17) is 9.15 Å². The summed E-state index contributed by atoms with van der Waals surface area (Å²) < 4.78 is 11.8. The highest BCUT2D eigenvalue weighted by Crippen LogP contribution is 2.33. The van der Waals surface area contributed by atoms with Gasteiger partial charge in [-0.05, 0) is 43.9 Å². The number of rotatable bonds is 8. The third-order valence-electron chi connectivity index (χ3n) is 6.23. The van der Waals surface area contributed by atoms with Gasteiger partial charge < -0.3 is 19.4 Å². The molecule has 0 bridgehead atoms. The molecule has 1 N–H and O–H groups in total. The lowest BCUT2D eigenvalue weighted by atomic mass is 9.96. The highest BCUT2D eigenvalue weighted by atomic mass is 16.5. The number of aryl methyl sites for hydroxylation is 2. The van der Waals surface area contributed by atoms with E-state index in [1.165, 1.54) is 18.4 Å². The average Bonchev–Trinajstić information content (AvgIpc) is 3.16. The first kappa shape index (κ1) is 21.7. The van der Waals surface area contributed by atoms with E-state index < -0.39 is 0 Å². The fraction of sp³-hybridized carbons (Fsp3) is 0.583. The lowest BCUT2D eigenvalue weighted by Gasteiger charge is -2.34. The number of unbranched alkanes of at least 4 members (excludes halogenated alkanes) is 1. The molecule has 7 heteroatoms. The quantitative estimate of drug-likeness (QED) is 0.656. The first-order chi connectivity index (χ1) is 15.1. The number of carbonyl (C=O) groups is 2. The molecule has 1 saturated heterocycles. The van der Waals surface area contributed by atoms with Crippen molar-refractivity contribution in [2.24, 2.45) is 0 Å². The van der Waals surface area contributed by atoms with Gasteiger partial charge in [-0.15, -0.1) is 0 Å². The lowest BCUT2D eigenvalue weighted by molar-refractivity contribution is -0.135. The highest BCUT2D eigenvalue weighted by molar-refractivity contribution is 5.84. The van der Waals surface area contributed by atoms with Gasteiger partial charge in [0.25, 0.3) is 5.91 Å². The summed E-state index contributed by atoms with van der Waals surface area (Å²) in [6.45, 7) is 5.94. The smallest absolute Gasteiger partial charge is 0.260 e. The molecule has 2 aromatic rings. The Hall–Kier alpha value is -2.54. The Labute approximate surface area is 183 Å². The van der Waals surface area contributed by atoms with Crippen LogP contribution in [0.25, 0.3) is 11.0 Å². The van der Waals surface area contributed by atoms with Crippen LogP contribution in [0, 0.1) is 0 Å². The summed E-state index contributed by atoms with van der Waals surface area (Å²) in [5.41, 5.74) is 2.20. The summed E-state index contributed by atoms with van der Waals surface area (Å²) in [7, 11) is 0. The molecule has 7 nitrogen and oxygen atoms in total. The normalized spacial score (nSPS) is 16.9. The van der Waals surface area contributed by atoms with Crippen molar-refractivity contribution in [3.8, 4) is 5.75 Å². The summed E-state index contributed by atoms with van der Waals surface area (Å²) in [6.07, 6.45) is 6.50. The van der Waals surface area contributed by atoms with E-state index in [0.29, 0.717) is 38.5 Å². The second-order valence-electron chi connectivity index (χ2n) is 8.52. The topological polar surface area (TPSA) is 75.0 Å².